The summed E-state index contributed by atoms with van der Waals surface area (Å²) < 4.78 is 0. The van der Waals surface area contributed by atoms with Crippen molar-refractivity contribution in [2.24, 2.45) is 40.5 Å². The fourth-order valence-electron chi connectivity index (χ4n) is 7.87. The summed E-state index contributed by atoms with van der Waals surface area (Å²) in [5.41, 5.74) is 5.61. The Labute approximate surface area is 221 Å². The quantitative estimate of drug-likeness (QED) is 0.442. The van der Waals surface area contributed by atoms with E-state index in [1.165, 1.54) is 43.4 Å². The van der Waals surface area contributed by atoms with Gasteiger partial charge in [0, 0.05) is 36.0 Å². The van der Waals surface area contributed by atoms with Crippen LogP contribution < -0.4 is 0 Å². The molecule has 7 atom stereocenters. The van der Waals surface area contributed by atoms with Gasteiger partial charge in [0.15, 0.2) is 6.23 Å². The average Bonchev–Trinajstić information content (AvgIpc) is 2.84. The highest BCUT2D eigenvalue weighted by Crippen LogP contribution is 2.49. The summed E-state index contributed by atoms with van der Waals surface area (Å²) in [4.78, 5) is 10.2. The van der Waals surface area contributed by atoms with Gasteiger partial charge in [-0.05, 0) is 80.4 Å². The first-order valence-electron chi connectivity index (χ1n) is 14.9. The Balaban J connectivity index is 2.03. The lowest BCUT2D eigenvalue weighted by atomic mass is 9.68. The maximum atomic E-state index is 11.8. The third-order valence-electron chi connectivity index (χ3n) is 9.44. The van der Waals surface area contributed by atoms with E-state index in [1.807, 2.05) is 0 Å². The second-order valence-electron chi connectivity index (χ2n) is 13.2. The van der Waals surface area contributed by atoms with Crippen LogP contribution in [0.2, 0.25) is 0 Å². The van der Waals surface area contributed by atoms with Crippen molar-refractivity contribution in [2.45, 2.75) is 112 Å². The Hall–Kier alpha value is -1.39. The molecule has 202 valence electrons. The van der Waals surface area contributed by atoms with E-state index in [2.05, 4.69) is 90.5 Å². The van der Waals surface area contributed by atoms with Crippen LogP contribution in [-0.4, -0.2) is 58.6 Å². The van der Waals surface area contributed by atoms with Crippen LogP contribution in [0.5, 0.6) is 0 Å². The minimum atomic E-state index is -0.722. The smallest absolute Gasteiger partial charge is 0.165 e. The van der Waals surface area contributed by atoms with Gasteiger partial charge in [-0.1, -0.05) is 73.1 Å². The molecule has 0 spiro atoms. The van der Waals surface area contributed by atoms with Crippen LogP contribution in [0.4, 0.5) is 0 Å². The molecule has 36 heavy (non-hydrogen) atoms. The van der Waals surface area contributed by atoms with Crippen molar-refractivity contribution in [3.63, 3.8) is 0 Å². The van der Waals surface area contributed by atoms with E-state index in [0.717, 1.165) is 12.3 Å². The molecule has 1 aliphatic heterocycles. The van der Waals surface area contributed by atoms with Gasteiger partial charge in [-0.15, -0.1) is 0 Å². The molecular formula is C32H53N3O. The van der Waals surface area contributed by atoms with Gasteiger partial charge in [-0.3, -0.25) is 9.89 Å². The van der Waals surface area contributed by atoms with Gasteiger partial charge in [-0.25, -0.2) is 0 Å². The number of nitrogens with zero attached hydrogens (tertiary/aromatic N) is 3. The lowest BCUT2D eigenvalue weighted by Crippen LogP contribution is -2.61. The Morgan fingerprint density at radius 2 is 1.75 bits per heavy atom. The van der Waals surface area contributed by atoms with E-state index in [4.69, 9.17) is 4.99 Å². The minimum absolute atomic E-state index is 0.0467. The fraction of sp³-hybridized carbons (Fsp3) is 0.781. The highest BCUT2D eigenvalue weighted by atomic mass is 16.3. The molecule has 0 bridgehead atoms. The molecule has 4 heteroatoms. The van der Waals surface area contributed by atoms with Crippen molar-refractivity contribution in [2.75, 3.05) is 13.6 Å². The van der Waals surface area contributed by atoms with Crippen molar-refractivity contribution in [3.8, 4) is 0 Å². The highest BCUT2D eigenvalue weighted by Gasteiger charge is 2.47. The van der Waals surface area contributed by atoms with Crippen LogP contribution >= 0.6 is 0 Å². The highest BCUT2D eigenvalue weighted by molar-refractivity contribution is 5.84. The Morgan fingerprint density at radius 3 is 2.39 bits per heavy atom. The number of rotatable bonds is 4. The number of hydrogen-bond acceptors (Lipinski definition) is 4. The van der Waals surface area contributed by atoms with Crippen LogP contribution in [0.25, 0.3) is 0 Å². The number of allylic oxidation sites excluding steroid dienone is 5. The zero-order valence-electron chi connectivity index (χ0n) is 24.5. The molecule has 4 nitrogen and oxygen atoms in total. The van der Waals surface area contributed by atoms with E-state index in [9.17, 15) is 5.11 Å². The molecule has 0 aromatic heterocycles. The molecular weight excluding hydrogens is 442 g/mol. The number of likely N-dealkylation sites (N-methyl/N-ethyl adjacent to an activating group) is 1. The Bertz CT molecular complexity index is 910. The third-order valence-corrected chi connectivity index (χ3v) is 9.44. The van der Waals surface area contributed by atoms with Crippen LogP contribution in [-0.2, 0) is 0 Å². The van der Waals surface area contributed by atoms with Crippen LogP contribution in [0.3, 0.4) is 0 Å². The summed E-state index contributed by atoms with van der Waals surface area (Å²) in [6.07, 6.45) is 13.0. The van der Waals surface area contributed by atoms with Crippen LogP contribution in [0.15, 0.2) is 40.1 Å². The number of aliphatic hydroxyl groups is 1. The van der Waals surface area contributed by atoms with E-state index in [0.29, 0.717) is 41.7 Å². The molecule has 1 fully saturated rings. The number of hydrogen-bond donors (Lipinski definition) is 1. The van der Waals surface area contributed by atoms with Gasteiger partial charge >= 0.3 is 0 Å². The molecule has 1 N–H and O–H groups in total. The standard InChI is InChI=1S/C32H53N3O/c1-19(2)26-17-24-14-10-11-15-25(24)28(20(3)4)31(26)35-29(21(5)6)32(36)33-23(8)18-34(9)27-16-12-13-22(7)30(27)35/h11,15,17,19-22,24-25,27,29-30,32,36H,10,12-14,16,18H2,1-9H3/b33-23+. The first kappa shape index (κ1) is 27.6. The van der Waals surface area contributed by atoms with Crippen LogP contribution in [0, 0.1) is 35.5 Å². The van der Waals surface area contributed by atoms with Gasteiger partial charge in [0.25, 0.3) is 0 Å². The molecule has 3 aliphatic carbocycles. The zero-order chi connectivity index (χ0) is 26.3. The molecule has 0 saturated heterocycles. The summed E-state index contributed by atoms with van der Waals surface area (Å²) in [7, 11) is 2.28. The number of aliphatic hydroxyl groups excluding tert-OH is 1. The van der Waals surface area contributed by atoms with Crippen LogP contribution in [0.1, 0.15) is 87.5 Å². The Morgan fingerprint density at radius 1 is 1.03 bits per heavy atom. The third kappa shape index (κ3) is 5.14. The molecule has 7 unspecified atom stereocenters. The topological polar surface area (TPSA) is 39.1 Å². The summed E-state index contributed by atoms with van der Waals surface area (Å²) in [6.45, 7) is 19.5. The molecule has 0 radical (unpaired) electrons. The first-order valence-corrected chi connectivity index (χ1v) is 14.9. The second kappa shape index (κ2) is 11.2. The van der Waals surface area contributed by atoms with E-state index < -0.39 is 6.23 Å². The molecule has 1 heterocycles. The largest absolute Gasteiger partial charge is 0.370 e. The number of aliphatic imine (C=N–C) groups is 1. The van der Waals surface area contributed by atoms with Crippen molar-refractivity contribution in [3.05, 3.63) is 35.1 Å². The van der Waals surface area contributed by atoms with Crippen molar-refractivity contribution >= 4 is 5.71 Å². The molecule has 0 aromatic carbocycles. The molecule has 0 amide bonds. The zero-order valence-corrected chi connectivity index (χ0v) is 24.5. The number of fused-ring (bicyclic) bond motifs is 2. The second-order valence-corrected chi connectivity index (χ2v) is 13.2. The average molecular weight is 496 g/mol. The predicted molar refractivity (Wildman–Crippen MR) is 153 cm³/mol. The van der Waals surface area contributed by atoms with Gasteiger partial charge in [0.1, 0.15) is 0 Å². The fourth-order valence-corrected chi connectivity index (χ4v) is 7.87. The summed E-state index contributed by atoms with van der Waals surface area (Å²) >= 11 is 0. The van der Waals surface area contributed by atoms with E-state index in [-0.39, 0.29) is 12.0 Å². The minimum Gasteiger partial charge on any atom is -0.370 e. The summed E-state index contributed by atoms with van der Waals surface area (Å²) in [5, 5.41) is 11.8. The Kier molecular flexibility index (Phi) is 8.56. The lowest BCUT2D eigenvalue weighted by Gasteiger charge is -2.55. The van der Waals surface area contributed by atoms with Gasteiger partial charge in [-0.2, -0.15) is 0 Å². The molecule has 4 rings (SSSR count). The van der Waals surface area contributed by atoms with E-state index in [1.54, 1.807) is 5.57 Å². The monoisotopic (exact) mass is 495 g/mol. The summed E-state index contributed by atoms with van der Waals surface area (Å²) in [6, 6.07) is 0.774. The SMILES string of the molecule is C/C1=N\C(O)C(C(C)C)N(C2=C(C(C)C)C3C=CCCC3C=C2C(C)C)C2C(C)CCCC2N(C)C1. The van der Waals surface area contributed by atoms with Crippen molar-refractivity contribution < 1.29 is 5.11 Å². The van der Waals surface area contributed by atoms with Gasteiger partial charge < -0.3 is 10.0 Å². The maximum absolute atomic E-state index is 11.8. The molecule has 0 aromatic rings. The van der Waals surface area contributed by atoms with Crippen molar-refractivity contribution in [1.82, 2.24) is 9.80 Å². The van der Waals surface area contributed by atoms with Gasteiger partial charge in [0.2, 0.25) is 0 Å². The van der Waals surface area contributed by atoms with Crippen molar-refractivity contribution in [1.29, 1.82) is 0 Å². The predicted octanol–water partition coefficient (Wildman–Crippen LogP) is 6.68. The molecule has 4 aliphatic rings. The first-order chi connectivity index (χ1) is 17.0. The lowest BCUT2D eigenvalue weighted by molar-refractivity contribution is -0.0242. The molecule has 1 saturated carbocycles. The summed E-state index contributed by atoms with van der Waals surface area (Å²) in [5.74, 6) is 2.80. The maximum Gasteiger partial charge on any atom is 0.165 e. The van der Waals surface area contributed by atoms with E-state index >= 15 is 0 Å². The van der Waals surface area contributed by atoms with Gasteiger partial charge in [0.05, 0.1) is 6.04 Å². The normalized spacial score (nSPS) is 37.8.